The Kier molecular flexibility index (Phi) is 6.47. The fourth-order valence-corrected chi connectivity index (χ4v) is 3.87. The topological polar surface area (TPSA) is 56.7 Å². The normalized spacial score (nSPS) is 12.3. The molecule has 0 aliphatic heterocycles. The minimum atomic E-state index is -0.0791. The van der Waals surface area contributed by atoms with Crippen molar-refractivity contribution in [1.82, 2.24) is 14.8 Å². The summed E-state index contributed by atoms with van der Waals surface area (Å²) in [6.45, 7) is 5.01. The number of hydrogen-bond acceptors (Lipinski definition) is 4. The van der Waals surface area contributed by atoms with Gasteiger partial charge in [-0.2, -0.15) is 0 Å². The van der Waals surface area contributed by atoms with Crippen molar-refractivity contribution in [2.24, 2.45) is 5.73 Å². The Balaban J connectivity index is 1.83. The quantitative estimate of drug-likeness (QED) is 0.586. The molecular weight excluding hydrogens is 340 g/mol. The molecule has 2 aromatic carbocycles. The van der Waals surface area contributed by atoms with Crippen molar-refractivity contribution in [3.8, 4) is 0 Å². The molecule has 0 bridgehead atoms. The molecule has 2 N–H and O–H groups in total. The largest absolute Gasteiger partial charge is 0.321 e. The Morgan fingerprint density at radius 3 is 2.54 bits per heavy atom. The lowest BCUT2D eigenvalue weighted by molar-refractivity contribution is 0.552. The molecule has 0 spiro atoms. The van der Waals surface area contributed by atoms with Crippen LogP contribution in [0, 0.1) is 6.92 Å². The minimum Gasteiger partial charge on any atom is -0.321 e. The Morgan fingerprint density at radius 1 is 1.04 bits per heavy atom. The summed E-state index contributed by atoms with van der Waals surface area (Å²) < 4.78 is 2.18. The highest BCUT2D eigenvalue weighted by Crippen LogP contribution is 2.26. The highest BCUT2D eigenvalue weighted by molar-refractivity contribution is 7.98. The molecule has 0 amide bonds. The first-order valence-corrected chi connectivity index (χ1v) is 10.1. The summed E-state index contributed by atoms with van der Waals surface area (Å²) in [5.41, 5.74) is 10.2. The maximum absolute atomic E-state index is 6.37. The molecule has 0 radical (unpaired) electrons. The fourth-order valence-electron chi connectivity index (χ4n) is 2.99. The monoisotopic (exact) mass is 366 g/mol. The molecule has 0 saturated heterocycles. The van der Waals surface area contributed by atoms with E-state index in [0.29, 0.717) is 0 Å². The summed E-state index contributed by atoms with van der Waals surface area (Å²) in [5, 5.41) is 9.80. The van der Waals surface area contributed by atoms with E-state index in [1.54, 1.807) is 11.8 Å². The standard InChI is InChI=1S/C21H26N4S/c1-3-8-19(22)20-23-24-21(25(20)14-17-10-5-4-6-11-17)26-15-18-12-7-9-16(2)13-18/h4-7,9-13,19H,3,8,14-15,22H2,1-2H3. The molecule has 26 heavy (non-hydrogen) atoms. The van der Waals surface area contributed by atoms with Gasteiger partial charge >= 0.3 is 0 Å². The van der Waals surface area contributed by atoms with Gasteiger partial charge in [0.25, 0.3) is 0 Å². The second-order valence-corrected chi connectivity index (χ2v) is 7.53. The first-order valence-electron chi connectivity index (χ1n) is 9.08. The first kappa shape index (κ1) is 18.7. The van der Waals surface area contributed by atoms with E-state index < -0.39 is 0 Å². The number of aryl methyl sites for hydroxylation is 1. The van der Waals surface area contributed by atoms with Crippen LogP contribution in [0.3, 0.4) is 0 Å². The molecule has 3 aromatic rings. The van der Waals surface area contributed by atoms with Crippen molar-refractivity contribution in [3.63, 3.8) is 0 Å². The number of nitrogens with zero attached hydrogens (tertiary/aromatic N) is 3. The van der Waals surface area contributed by atoms with Crippen molar-refractivity contribution in [1.29, 1.82) is 0 Å². The van der Waals surface area contributed by atoms with Gasteiger partial charge in [-0.3, -0.25) is 0 Å². The molecule has 0 aliphatic rings. The SMILES string of the molecule is CCCC(N)c1nnc(SCc2cccc(C)c2)n1Cc1ccccc1. The van der Waals surface area contributed by atoms with E-state index in [9.17, 15) is 0 Å². The van der Waals surface area contributed by atoms with Crippen LogP contribution in [-0.2, 0) is 12.3 Å². The Hall–Kier alpha value is -2.11. The Morgan fingerprint density at radius 2 is 1.81 bits per heavy atom. The van der Waals surface area contributed by atoms with E-state index in [4.69, 9.17) is 5.73 Å². The first-order chi connectivity index (χ1) is 12.7. The number of aromatic nitrogens is 3. The van der Waals surface area contributed by atoms with E-state index >= 15 is 0 Å². The number of nitrogens with two attached hydrogens (primary N) is 1. The van der Waals surface area contributed by atoms with Crippen LogP contribution in [0.2, 0.25) is 0 Å². The van der Waals surface area contributed by atoms with Crippen LogP contribution in [-0.4, -0.2) is 14.8 Å². The number of benzene rings is 2. The van der Waals surface area contributed by atoms with E-state index in [-0.39, 0.29) is 6.04 Å². The van der Waals surface area contributed by atoms with Gasteiger partial charge in [-0.05, 0) is 24.5 Å². The third-order valence-electron chi connectivity index (χ3n) is 4.31. The van der Waals surface area contributed by atoms with Crippen LogP contribution in [0.1, 0.15) is 48.3 Å². The van der Waals surface area contributed by atoms with Crippen LogP contribution < -0.4 is 5.73 Å². The predicted molar refractivity (Wildman–Crippen MR) is 108 cm³/mol. The minimum absolute atomic E-state index is 0.0791. The second-order valence-electron chi connectivity index (χ2n) is 6.59. The third-order valence-corrected chi connectivity index (χ3v) is 5.35. The van der Waals surface area contributed by atoms with Crippen molar-refractivity contribution < 1.29 is 0 Å². The maximum Gasteiger partial charge on any atom is 0.191 e. The summed E-state index contributed by atoms with van der Waals surface area (Å²) in [6, 6.07) is 18.9. The van der Waals surface area contributed by atoms with Gasteiger partial charge in [-0.15, -0.1) is 10.2 Å². The van der Waals surface area contributed by atoms with E-state index in [1.165, 1.54) is 16.7 Å². The summed E-state index contributed by atoms with van der Waals surface area (Å²) in [4.78, 5) is 0. The Bertz CT molecular complexity index is 829. The highest BCUT2D eigenvalue weighted by atomic mass is 32.2. The molecule has 3 rings (SSSR count). The average molecular weight is 367 g/mol. The number of rotatable bonds is 8. The summed E-state index contributed by atoms with van der Waals surface area (Å²) >= 11 is 1.72. The lowest BCUT2D eigenvalue weighted by atomic mass is 10.1. The van der Waals surface area contributed by atoms with Gasteiger partial charge < -0.3 is 10.3 Å². The van der Waals surface area contributed by atoms with Crippen LogP contribution in [0.4, 0.5) is 0 Å². The lowest BCUT2D eigenvalue weighted by Gasteiger charge is -2.14. The smallest absolute Gasteiger partial charge is 0.191 e. The van der Waals surface area contributed by atoms with Crippen LogP contribution in [0.5, 0.6) is 0 Å². The highest BCUT2D eigenvalue weighted by Gasteiger charge is 2.18. The molecule has 1 atom stereocenters. The molecule has 4 nitrogen and oxygen atoms in total. The van der Waals surface area contributed by atoms with Gasteiger partial charge in [-0.25, -0.2) is 0 Å². The number of thioether (sulfide) groups is 1. The Labute approximate surface area is 159 Å². The fraction of sp³-hybridized carbons (Fsp3) is 0.333. The summed E-state index contributed by atoms with van der Waals surface area (Å²) in [7, 11) is 0. The van der Waals surface area contributed by atoms with Crippen molar-refractivity contribution in [2.75, 3.05) is 0 Å². The zero-order chi connectivity index (χ0) is 18.4. The van der Waals surface area contributed by atoms with E-state index in [0.717, 1.165) is 36.1 Å². The zero-order valence-electron chi connectivity index (χ0n) is 15.4. The van der Waals surface area contributed by atoms with Crippen LogP contribution in [0.15, 0.2) is 59.8 Å². The molecule has 5 heteroatoms. The van der Waals surface area contributed by atoms with Crippen molar-refractivity contribution in [2.45, 2.75) is 50.2 Å². The summed E-state index contributed by atoms with van der Waals surface area (Å²) in [6.07, 6.45) is 1.95. The molecule has 136 valence electrons. The summed E-state index contributed by atoms with van der Waals surface area (Å²) in [5.74, 6) is 1.75. The van der Waals surface area contributed by atoms with Gasteiger partial charge in [0.1, 0.15) is 0 Å². The molecule has 1 aromatic heterocycles. The number of hydrogen-bond donors (Lipinski definition) is 1. The van der Waals surface area contributed by atoms with Gasteiger partial charge in [0, 0.05) is 5.75 Å². The second kappa shape index (κ2) is 9.01. The maximum atomic E-state index is 6.37. The van der Waals surface area contributed by atoms with Gasteiger partial charge in [0.2, 0.25) is 0 Å². The molecular formula is C21H26N4S. The van der Waals surface area contributed by atoms with E-state index in [2.05, 4.69) is 77.1 Å². The molecule has 0 aliphatic carbocycles. The molecule has 1 heterocycles. The van der Waals surface area contributed by atoms with Crippen LogP contribution >= 0.6 is 11.8 Å². The van der Waals surface area contributed by atoms with Gasteiger partial charge in [-0.1, -0.05) is 85.3 Å². The molecule has 0 saturated carbocycles. The molecule has 1 unspecified atom stereocenters. The predicted octanol–water partition coefficient (Wildman–Crippen LogP) is 4.73. The van der Waals surface area contributed by atoms with Gasteiger partial charge in [0.15, 0.2) is 11.0 Å². The zero-order valence-corrected chi connectivity index (χ0v) is 16.2. The van der Waals surface area contributed by atoms with Crippen molar-refractivity contribution >= 4 is 11.8 Å². The average Bonchev–Trinajstić information content (AvgIpc) is 3.04. The van der Waals surface area contributed by atoms with Crippen molar-refractivity contribution in [3.05, 3.63) is 77.1 Å². The molecule has 0 fully saturated rings. The van der Waals surface area contributed by atoms with Gasteiger partial charge in [0.05, 0.1) is 12.6 Å². The van der Waals surface area contributed by atoms with E-state index in [1.807, 2.05) is 6.07 Å². The third kappa shape index (κ3) is 4.74. The van der Waals surface area contributed by atoms with Crippen LogP contribution in [0.25, 0.3) is 0 Å². The lowest BCUT2D eigenvalue weighted by Crippen LogP contribution is -2.17.